The van der Waals surface area contributed by atoms with E-state index in [0.29, 0.717) is 29.5 Å². The van der Waals surface area contributed by atoms with Crippen molar-refractivity contribution in [3.63, 3.8) is 0 Å². The van der Waals surface area contributed by atoms with Crippen LogP contribution >= 0.6 is 0 Å². The third-order valence-electron chi connectivity index (χ3n) is 6.27. The van der Waals surface area contributed by atoms with Gasteiger partial charge in [0.25, 0.3) is 0 Å². The normalized spacial score (nSPS) is 15.8. The van der Waals surface area contributed by atoms with Crippen LogP contribution in [0.2, 0.25) is 0 Å². The maximum Gasteiger partial charge on any atom is 0.173 e. The van der Waals surface area contributed by atoms with Crippen LogP contribution in [0.5, 0.6) is 5.75 Å². The fourth-order valence-corrected chi connectivity index (χ4v) is 4.46. The van der Waals surface area contributed by atoms with Crippen LogP contribution < -0.4 is 14.5 Å². The highest BCUT2D eigenvalue weighted by atomic mass is 19.1. The molecule has 5 nitrogen and oxygen atoms in total. The molecule has 0 bridgehead atoms. The highest BCUT2D eigenvalue weighted by molar-refractivity contribution is 5.91. The van der Waals surface area contributed by atoms with E-state index in [-0.39, 0.29) is 18.8 Å². The summed E-state index contributed by atoms with van der Waals surface area (Å²) in [4.78, 5) is 8.99. The molecule has 0 radical (unpaired) electrons. The zero-order valence-corrected chi connectivity index (χ0v) is 19.8. The highest BCUT2D eigenvalue weighted by Crippen LogP contribution is 2.43. The first-order valence-corrected chi connectivity index (χ1v) is 11.6. The molecule has 3 heterocycles. The van der Waals surface area contributed by atoms with Gasteiger partial charge < -0.3 is 19.6 Å². The zero-order valence-electron chi connectivity index (χ0n) is 19.8. The van der Waals surface area contributed by atoms with Gasteiger partial charge in [0.15, 0.2) is 11.6 Å². The molecule has 0 spiro atoms. The Bertz CT molecular complexity index is 1130. The predicted molar refractivity (Wildman–Crippen MR) is 132 cm³/mol. The number of fused-ring (bicyclic) bond motifs is 1. The van der Waals surface area contributed by atoms with Crippen LogP contribution in [-0.4, -0.2) is 36.3 Å². The lowest BCUT2D eigenvalue weighted by molar-refractivity contribution is 0.291. The van der Waals surface area contributed by atoms with E-state index >= 15 is 0 Å². The number of aliphatic hydroxyl groups is 1. The Hall–Kier alpha value is -3.19. The quantitative estimate of drug-likeness (QED) is 0.581. The molecule has 0 unspecified atom stereocenters. The molecule has 1 fully saturated rings. The van der Waals surface area contributed by atoms with E-state index in [1.807, 2.05) is 24.1 Å². The monoisotopic (exact) mass is 467 g/mol. The number of benzene rings is 1. The van der Waals surface area contributed by atoms with Gasteiger partial charge in [-0.25, -0.2) is 13.8 Å². The zero-order chi connectivity index (χ0) is 24.4. The topological polar surface area (TPSA) is 48.8 Å². The second-order valence-electron chi connectivity index (χ2n) is 8.94. The van der Waals surface area contributed by atoms with Crippen LogP contribution in [0.3, 0.4) is 0 Å². The average molecular weight is 468 g/mol. The minimum absolute atomic E-state index is 0.0448. The predicted octanol–water partition coefficient (Wildman–Crippen LogP) is 5.52. The molecule has 1 aromatic heterocycles. The van der Waals surface area contributed by atoms with E-state index in [1.165, 1.54) is 12.1 Å². The molecule has 2 aliphatic heterocycles. The fraction of sp³-hybridized carbons (Fsp3) is 0.370. The molecule has 7 heteroatoms. The Morgan fingerprint density at radius 3 is 2.41 bits per heavy atom. The van der Waals surface area contributed by atoms with Gasteiger partial charge in [-0.15, -0.1) is 0 Å². The maximum atomic E-state index is 14.5. The molecule has 1 aromatic carbocycles. The number of hydrogen-bond donors (Lipinski definition) is 1. The lowest BCUT2D eigenvalue weighted by atomic mass is 9.92. The van der Waals surface area contributed by atoms with Gasteiger partial charge in [-0.1, -0.05) is 13.2 Å². The molecule has 4 rings (SSSR count). The lowest BCUT2D eigenvalue weighted by Crippen LogP contribution is -2.32. The van der Waals surface area contributed by atoms with E-state index in [2.05, 4.69) is 18.1 Å². The molecule has 34 heavy (non-hydrogen) atoms. The minimum atomic E-state index is -0.631. The van der Waals surface area contributed by atoms with Crippen molar-refractivity contribution in [1.82, 2.24) is 4.98 Å². The maximum absolute atomic E-state index is 14.5. The Kier molecular flexibility index (Phi) is 7.03. The summed E-state index contributed by atoms with van der Waals surface area (Å²) in [6.07, 6.45) is 5.13. The number of nitrogens with zero attached hydrogens (tertiary/aromatic N) is 3. The van der Waals surface area contributed by atoms with Crippen LogP contribution in [0.1, 0.15) is 42.9 Å². The van der Waals surface area contributed by atoms with Crippen molar-refractivity contribution < 1.29 is 18.6 Å². The van der Waals surface area contributed by atoms with E-state index in [0.717, 1.165) is 54.6 Å². The number of hydrogen-bond acceptors (Lipinski definition) is 5. The number of halogens is 2. The molecule has 1 saturated heterocycles. The third-order valence-corrected chi connectivity index (χ3v) is 6.27. The van der Waals surface area contributed by atoms with E-state index in [9.17, 15) is 13.9 Å². The number of aryl methyl sites for hydroxylation is 1. The summed E-state index contributed by atoms with van der Waals surface area (Å²) < 4.78 is 35.0. The SMILES string of the molecule is C=C(C)C1=CN(CCO)c2nc(N3CCCCC3)c(OCc3c(F)cc(C)cc3F)cc2C1=C. The number of aromatic nitrogens is 1. The first kappa shape index (κ1) is 24.0. The summed E-state index contributed by atoms with van der Waals surface area (Å²) in [5.74, 6) is 0.495. The van der Waals surface area contributed by atoms with Crippen LogP contribution in [0.25, 0.3) is 5.57 Å². The molecular weight excluding hydrogens is 436 g/mol. The number of aliphatic hydroxyl groups excluding tert-OH is 1. The Balaban J connectivity index is 1.78. The molecule has 2 aliphatic rings. The minimum Gasteiger partial charge on any atom is -0.485 e. The lowest BCUT2D eigenvalue weighted by Gasteiger charge is -2.34. The summed E-state index contributed by atoms with van der Waals surface area (Å²) >= 11 is 0. The second kappa shape index (κ2) is 9.97. The van der Waals surface area contributed by atoms with E-state index in [4.69, 9.17) is 9.72 Å². The van der Waals surface area contributed by atoms with Crippen molar-refractivity contribution in [3.05, 3.63) is 77.0 Å². The number of ether oxygens (including phenoxy) is 1. The summed E-state index contributed by atoms with van der Waals surface area (Å²) in [5.41, 5.74) is 3.58. The Morgan fingerprint density at radius 2 is 1.79 bits per heavy atom. The van der Waals surface area contributed by atoms with Crippen molar-refractivity contribution in [2.45, 2.75) is 39.7 Å². The molecule has 0 aliphatic carbocycles. The molecule has 0 atom stereocenters. The van der Waals surface area contributed by atoms with E-state index < -0.39 is 11.6 Å². The number of β-amino-alcohol motifs (C(OH)–C–C–N with tert-alkyl or cyclic N) is 1. The number of pyridine rings is 1. The average Bonchev–Trinajstić information content (AvgIpc) is 2.80. The van der Waals surface area contributed by atoms with Gasteiger partial charge in [-0.2, -0.15) is 0 Å². The Morgan fingerprint density at radius 1 is 1.12 bits per heavy atom. The third kappa shape index (κ3) is 4.71. The summed E-state index contributed by atoms with van der Waals surface area (Å²) in [6, 6.07) is 4.45. The number of rotatable bonds is 7. The molecular formula is C27H31F2N3O2. The van der Waals surface area contributed by atoms with Gasteiger partial charge in [0.2, 0.25) is 0 Å². The van der Waals surface area contributed by atoms with Gasteiger partial charge in [-0.05, 0) is 68.0 Å². The van der Waals surface area contributed by atoms with Crippen LogP contribution in [0.4, 0.5) is 20.4 Å². The molecule has 1 N–H and O–H groups in total. The number of piperidine rings is 1. The second-order valence-corrected chi connectivity index (χ2v) is 8.94. The smallest absolute Gasteiger partial charge is 0.173 e. The Labute approximate surface area is 199 Å². The van der Waals surface area contributed by atoms with Gasteiger partial charge in [-0.3, -0.25) is 0 Å². The number of allylic oxidation sites excluding steroid dienone is 3. The van der Waals surface area contributed by atoms with Crippen molar-refractivity contribution in [2.75, 3.05) is 36.0 Å². The molecule has 0 amide bonds. The largest absolute Gasteiger partial charge is 0.485 e. The first-order chi connectivity index (χ1) is 16.3. The van der Waals surface area contributed by atoms with Crippen LogP contribution in [0.15, 0.2) is 48.7 Å². The summed E-state index contributed by atoms with van der Waals surface area (Å²) in [5, 5.41) is 9.64. The van der Waals surface area contributed by atoms with Crippen LogP contribution in [0, 0.1) is 18.6 Å². The summed E-state index contributed by atoms with van der Waals surface area (Å²) in [7, 11) is 0. The standard InChI is InChI=1S/C27H31F2N3O2/c1-17(2)21-15-32(10-11-33)26-20(19(21)4)14-25(27(30-26)31-8-6-5-7-9-31)34-16-22-23(28)12-18(3)13-24(22)29/h12-15,33H,1,4-11,16H2,2-3H3. The number of anilines is 2. The van der Waals surface area contributed by atoms with Crippen LogP contribution in [-0.2, 0) is 6.61 Å². The molecule has 0 saturated carbocycles. The van der Waals surface area contributed by atoms with Gasteiger partial charge in [0.05, 0.1) is 12.2 Å². The van der Waals surface area contributed by atoms with Crippen molar-refractivity contribution in [3.8, 4) is 5.75 Å². The van der Waals surface area contributed by atoms with Crippen molar-refractivity contribution >= 4 is 17.2 Å². The van der Waals surface area contributed by atoms with Gasteiger partial charge in [0.1, 0.15) is 24.1 Å². The highest BCUT2D eigenvalue weighted by Gasteiger charge is 2.28. The molecule has 2 aromatic rings. The van der Waals surface area contributed by atoms with Gasteiger partial charge >= 0.3 is 0 Å². The van der Waals surface area contributed by atoms with Crippen molar-refractivity contribution in [1.29, 1.82) is 0 Å². The summed E-state index contributed by atoms with van der Waals surface area (Å²) in [6.45, 7) is 13.6. The first-order valence-electron chi connectivity index (χ1n) is 11.6. The van der Waals surface area contributed by atoms with Gasteiger partial charge in [0, 0.05) is 37.0 Å². The van der Waals surface area contributed by atoms with E-state index in [1.54, 1.807) is 6.92 Å². The fourth-order valence-electron chi connectivity index (χ4n) is 4.46. The molecule has 180 valence electrons. The van der Waals surface area contributed by atoms with Crippen molar-refractivity contribution in [2.24, 2.45) is 0 Å².